The fourth-order valence-electron chi connectivity index (χ4n) is 10.1. The summed E-state index contributed by atoms with van der Waals surface area (Å²) in [6.45, 7) is 4.79. The van der Waals surface area contributed by atoms with Crippen molar-refractivity contribution in [1.29, 1.82) is 0 Å². The van der Waals surface area contributed by atoms with E-state index in [0.29, 0.717) is 80.6 Å². The maximum absolute atomic E-state index is 16.0. The van der Waals surface area contributed by atoms with E-state index in [0.717, 1.165) is 49.2 Å². The number of nitrogens with zero attached hydrogens (tertiary/aromatic N) is 7. The molecule has 0 radical (unpaired) electrons. The lowest BCUT2D eigenvalue weighted by Crippen LogP contribution is -2.51. The second-order valence-corrected chi connectivity index (χ2v) is 17.7. The maximum atomic E-state index is 16.0. The molecule has 3 aromatic carbocycles. The van der Waals surface area contributed by atoms with E-state index < -0.39 is 35.6 Å². The van der Waals surface area contributed by atoms with Gasteiger partial charge in [0.1, 0.15) is 23.5 Å². The van der Waals surface area contributed by atoms with Crippen molar-refractivity contribution in [2.45, 2.75) is 69.6 Å². The van der Waals surface area contributed by atoms with Gasteiger partial charge in [-0.1, -0.05) is 24.3 Å². The van der Waals surface area contributed by atoms with E-state index in [2.05, 4.69) is 35.7 Å². The average molecular weight is 897 g/mol. The minimum absolute atomic E-state index is 0.0233. The third kappa shape index (κ3) is 8.62. The predicted molar refractivity (Wildman–Crippen MR) is 241 cm³/mol. The fraction of sp³-hybridized carbons (Fsp3) is 0.367. The van der Waals surface area contributed by atoms with Crippen LogP contribution in [-0.4, -0.2) is 111 Å². The molecular formula is C49H50F2N10O5. The van der Waals surface area contributed by atoms with Crippen LogP contribution in [0.25, 0.3) is 11.1 Å². The van der Waals surface area contributed by atoms with Gasteiger partial charge in [0.2, 0.25) is 17.7 Å². The topological polar surface area (TPSA) is 165 Å². The molecule has 5 aliphatic heterocycles. The monoisotopic (exact) mass is 896 g/mol. The number of likely N-dealkylation sites (tertiary alicyclic amines) is 1. The molecule has 10 rings (SSSR count). The molecule has 0 saturated carbocycles. The largest absolute Gasteiger partial charge is 0.374 e. The number of carbonyl (C=O) groups is 5. The molecule has 0 aliphatic carbocycles. The first kappa shape index (κ1) is 42.9. The molecule has 0 spiro atoms. The van der Waals surface area contributed by atoms with Crippen LogP contribution in [0.3, 0.4) is 0 Å². The number of aromatic nitrogens is 3. The number of nitrogens with one attached hydrogen (secondary N) is 3. The molecule has 2 aromatic heterocycles. The molecule has 7 heterocycles. The van der Waals surface area contributed by atoms with Gasteiger partial charge in [-0.15, -0.1) is 0 Å². The van der Waals surface area contributed by atoms with Crippen molar-refractivity contribution >= 4 is 46.7 Å². The Labute approximate surface area is 380 Å². The Morgan fingerprint density at radius 2 is 1.62 bits per heavy atom. The van der Waals surface area contributed by atoms with E-state index in [9.17, 15) is 24.0 Å². The Morgan fingerprint density at radius 1 is 0.818 bits per heavy atom. The summed E-state index contributed by atoms with van der Waals surface area (Å²) in [7, 11) is 0. The van der Waals surface area contributed by atoms with Crippen molar-refractivity contribution in [3.05, 3.63) is 125 Å². The molecule has 340 valence electrons. The van der Waals surface area contributed by atoms with Gasteiger partial charge in [-0.2, -0.15) is 0 Å². The summed E-state index contributed by atoms with van der Waals surface area (Å²) in [5.41, 5.74) is 5.22. The van der Waals surface area contributed by atoms with E-state index in [1.807, 2.05) is 33.7 Å². The quantitative estimate of drug-likeness (QED) is 0.149. The van der Waals surface area contributed by atoms with Gasteiger partial charge in [-0.05, 0) is 116 Å². The number of imidazole rings is 1. The Bertz CT molecular complexity index is 2700. The highest BCUT2D eigenvalue weighted by Crippen LogP contribution is 2.38. The minimum Gasteiger partial charge on any atom is -0.374 e. The zero-order valence-electron chi connectivity index (χ0n) is 36.3. The summed E-state index contributed by atoms with van der Waals surface area (Å²) in [6, 6.07) is 19.4. The molecule has 3 N–H and O–H groups in total. The lowest BCUT2D eigenvalue weighted by atomic mass is 9.89. The predicted octanol–water partition coefficient (Wildman–Crippen LogP) is 5.25. The molecule has 3 saturated heterocycles. The van der Waals surface area contributed by atoms with Crippen molar-refractivity contribution in [3.63, 3.8) is 0 Å². The number of benzene rings is 3. The molecule has 5 amide bonds. The van der Waals surface area contributed by atoms with Crippen molar-refractivity contribution in [2.24, 2.45) is 0 Å². The number of pyridine rings is 1. The van der Waals surface area contributed by atoms with Crippen LogP contribution < -0.4 is 20.9 Å². The van der Waals surface area contributed by atoms with Gasteiger partial charge in [-0.3, -0.25) is 34.2 Å². The number of fused-ring (bicyclic) bond motifs is 2. The number of piperazine rings is 1. The van der Waals surface area contributed by atoms with Crippen LogP contribution >= 0.6 is 0 Å². The highest BCUT2D eigenvalue weighted by atomic mass is 19.1. The van der Waals surface area contributed by atoms with Gasteiger partial charge in [0, 0.05) is 73.5 Å². The van der Waals surface area contributed by atoms with Crippen LogP contribution in [-0.2, 0) is 38.7 Å². The van der Waals surface area contributed by atoms with E-state index in [1.54, 1.807) is 48.9 Å². The summed E-state index contributed by atoms with van der Waals surface area (Å²) in [4.78, 5) is 81.6. The third-order valence-corrected chi connectivity index (χ3v) is 13.7. The molecule has 66 heavy (non-hydrogen) atoms. The molecule has 0 bridgehead atoms. The molecule has 5 aliphatic rings. The van der Waals surface area contributed by atoms with E-state index in [4.69, 9.17) is 0 Å². The summed E-state index contributed by atoms with van der Waals surface area (Å²) < 4.78 is 33.3. The van der Waals surface area contributed by atoms with E-state index in [-0.39, 0.29) is 47.6 Å². The van der Waals surface area contributed by atoms with Crippen LogP contribution in [0.5, 0.6) is 0 Å². The first-order valence-electron chi connectivity index (χ1n) is 22.7. The van der Waals surface area contributed by atoms with Gasteiger partial charge >= 0.3 is 0 Å². The summed E-state index contributed by atoms with van der Waals surface area (Å²) in [6.07, 6.45) is 6.94. The number of carbonyl (C=O) groups excluding carboxylic acids is 5. The molecule has 5 aromatic rings. The van der Waals surface area contributed by atoms with Crippen molar-refractivity contribution in [3.8, 4) is 11.1 Å². The third-order valence-electron chi connectivity index (χ3n) is 13.7. The number of rotatable bonds is 11. The van der Waals surface area contributed by atoms with Crippen molar-refractivity contribution < 1.29 is 32.8 Å². The summed E-state index contributed by atoms with van der Waals surface area (Å²) in [5, 5.41) is 8.18. The smallest absolute Gasteiger partial charge is 0.255 e. The Kier molecular flexibility index (Phi) is 11.8. The number of hydrogen-bond donors (Lipinski definition) is 3. The van der Waals surface area contributed by atoms with Gasteiger partial charge < -0.3 is 29.9 Å². The first-order valence-corrected chi connectivity index (χ1v) is 22.7. The normalized spacial score (nSPS) is 19.4. The first-order chi connectivity index (χ1) is 32.1. The van der Waals surface area contributed by atoms with Crippen molar-refractivity contribution in [2.75, 3.05) is 61.3 Å². The summed E-state index contributed by atoms with van der Waals surface area (Å²) in [5.74, 6) is -2.04. The SMILES string of the molecule is O=C1CCC(Nc2ccc(C3CCN(CC(=O)N4CCN(c5ccc(-c6cc(F)c7c(c6)C(=O)N(C(C(=O)Nc6ccccn6)c6ncn8c6CCC8)C7)cc5)CC4)CC3)c(F)c2)C(=O)N1. The van der Waals surface area contributed by atoms with Crippen molar-refractivity contribution in [1.82, 2.24) is 34.6 Å². The Balaban J connectivity index is 0.728. The summed E-state index contributed by atoms with van der Waals surface area (Å²) >= 11 is 0. The van der Waals surface area contributed by atoms with E-state index >= 15 is 8.78 Å². The number of imide groups is 1. The van der Waals surface area contributed by atoms with Crippen LogP contribution in [0.15, 0.2) is 85.3 Å². The Morgan fingerprint density at radius 3 is 2.36 bits per heavy atom. The van der Waals surface area contributed by atoms with E-state index in [1.165, 1.54) is 17.0 Å². The number of amides is 5. The number of anilines is 3. The van der Waals surface area contributed by atoms with Crippen LogP contribution in [0.2, 0.25) is 0 Å². The second kappa shape index (κ2) is 18.1. The highest BCUT2D eigenvalue weighted by Gasteiger charge is 2.42. The standard InChI is InChI=1S/C49H50F2N10O5/c50-38-25-32(24-36-37(38)27-61(49(36)66)46(45-41-4-3-17-60(41)29-53-45)48(65)55-42-5-1-2-16-52-42)30-6-9-34(10-7-30)58-20-22-59(23-21-58)44(63)28-57-18-14-31(15-19-57)35-11-8-33(26-39(35)51)54-40-12-13-43(62)56-47(40)64/h1-2,5-11,16,24-26,29,31,40,46,54H,3-4,12-15,17-23,27-28H2,(H,52,55,65)(H,56,62,64). The molecule has 2 atom stereocenters. The molecule has 15 nitrogen and oxygen atoms in total. The van der Waals surface area contributed by atoms with Crippen LogP contribution in [0.1, 0.15) is 76.9 Å². The Hall–Kier alpha value is -7.01. The second-order valence-electron chi connectivity index (χ2n) is 17.7. The lowest BCUT2D eigenvalue weighted by molar-refractivity contribution is -0.134. The molecule has 17 heteroatoms. The maximum Gasteiger partial charge on any atom is 0.255 e. The molecule has 2 unspecified atom stereocenters. The number of halogens is 2. The molecular weight excluding hydrogens is 847 g/mol. The minimum atomic E-state index is -1.08. The number of piperidine rings is 2. The average Bonchev–Trinajstić information content (AvgIpc) is 4.05. The van der Waals surface area contributed by atoms with Crippen LogP contribution in [0.4, 0.5) is 26.0 Å². The van der Waals surface area contributed by atoms with Gasteiger partial charge in [0.05, 0.1) is 25.1 Å². The zero-order chi connectivity index (χ0) is 45.5. The molecule has 3 fully saturated rings. The van der Waals surface area contributed by atoms with Gasteiger partial charge in [-0.25, -0.2) is 18.7 Å². The highest BCUT2D eigenvalue weighted by molar-refractivity contribution is 6.04. The fourth-order valence-corrected chi connectivity index (χ4v) is 10.1. The zero-order valence-corrected chi connectivity index (χ0v) is 36.3. The van der Waals surface area contributed by atoms with Gasteiger partial charge in [0.15, 0.2) is 6.04 Å². The number of hydrogen-bond acceptors (Lipinski definition) is 10. The lowest BCUT2D eigenvalue weighted by Gasteiger charge is -2.38. The van der Waals surface area contributed by atoms with Gasteiger partial charge in [0.25, 0.3) is 11.8 Å². The van der Waals surface area contributed by atoms with Crippen LogP contribution in [0, 0.1) is 11.6 Å². The number of aryl methyl sites for hydroxylation is 1.